The third-order valence-corrected chi connectivity index (χ3v) is 9.48. The molecule has 2 aliphatic rings. The van der Waals surface area contributed by atoms with Gasteiger partial charge in [0.25, 0.3) is 5.91 Å². The van der Waals surface area contributed by atoms with Gasteiger partial charge < -0.3 is 19.6 Å². The maximum atomic E-state index is 13.2. The molecular formula is C32H33FN2O6S. The second-order valence-electron chi connectivity index (χ2n) is 11.2. The highest BCUT2D eigenvalue weighted by Crippen LogP contribution is 2.47. The van der Waals surface area contributed by atoms with E-state index in [4.69, 9.17) is 9.15 Å². The maximum absolute atomic E-state index is 13.2. The van der Waals surface area contributed by atoms with Crippen molar-refractivity contribution in [2.75, 3.05) is 17.5 Å². The molecule has 3 aromatic carbocycles. The van der Waals surface area contributed by atoms with Gasteiger partial charge in [-0.05, 0) is 111 Å². The van der Waals surface area contributed by atoms with Gasteiger partial charge in [-0.15, -0.1) is 0 Å². The zero-order chi connectivity index (χ0) is 29.4. The number of aliphatic hydroxyl groups is 1. The van der Waals surface area contributed by atoms with Crippen molar-refractivity contribution in [3.63, 3.8) is 0 Å². The molecule has 42 heavy (non-hydrogen) atoms. The van der Waals surface area contributed by atoms with Gasteiger partial charge in [-0.2, -0.15) is 0 Å². The Bertz CT molecular complexity index is 1700. The minimum atomic E-state index is -3.65. The predicted molar refractivity (Wildman–Crippen MR) is 159 cm³/mol. The highest BCUT2D eigenvalue weighted by molar-refractivity contribution is 7.92. The molecule has 1 heterocycles. The van der Waals surface area contributed by atoms with Gasteiger partial charge in [0, 0.05) is 24.1 Å². The quantitative estimate of drug-likeness (QED) is 0.203. The third kappa shape index (κ3) is 6.15. The first-order valence-electron chi connectivity index (χ1n) is 14.2. The molecule has 0 radical (unpaired) electrons. The summed E-state index contributed by atoms with van der Waals surface area (Å²) in [5.41, 5.74) is 2.75. The van der Waals surface area contributed by atoms with Crippen molar-refractivity contribution in [3.8, 4) is 22.8 Å². The Labute approximate surface area is 243 Å². The molecule has 3 N–H and O–H groups in total. The summed E-state index contributed by atoms with van der Waals surface area (Å²) in [6.45, 7) is 0. The van der Waals surface area contributed by atoms with Gasteiger partial charge >= 0.3 is 0 Å². The molecule has 4 aromatic rings. The second kappa shape index (κ2) is 11.4. The Balaban J connectivity index is 1.33. The number of benzene rings is 3. The number of rotatable bonds is 9. The molecular weight excluding hydrogens is 559 g/mol. The van der Waals surface area contributed by atoms with Gasteiger partial charge in [0.05, 0.1) is 23.1 Å². The lowest BCUT2D eigenvalue weighted by Crippen LogP contribution is -2.27. The highest BCUT2D eigenvalue weighted by Gasteiger charge is 2.32. The van der Waals surface area contributed by atoms with Crippen LogP contribution in [0.5, 0.6) is 11.5 Å². The first-order valence-corrected chi connectivity index (χ1v) is 15.9. The van der Waals surface area contributed by atoms with Crippen LogP contribution in [0.3, 0.4) is 0 Å². The summed E-state index contributed by atoms with van der Waals surface area (Å²) in [6, 6.07) is 16.3. The SMILES string of the molecule is CNC(=O)c1c(-c2ccc(Oc3ccc(F)cc3)cc2)oc2cc(NS(=O)(=O)CC3CCC(O)CC3)c(C3CC3)cc12. The van der Waals surface area contributed by atoms with Crippen molar-refractivity contribution in [3.05, 3.63) is 77.6 Å². The van der Waals surface area contributed by atoms with E-state index in [-0.39, 0.29) is 35.4 Å². The fraction of sp³-hybridized carbons (Fsp3) is 0.344. The van der Waals surface area contributed by atoms with Crippen LogP contribution >= 0.6 is 0 Å². The van der Waals surface area contributed by atoms with E-state index in [2.05, 4.69) is 10.0 Å². The summed E-state index contributed by atoms with van der Waals surface area (Å²) in [7, 11) is -2.09. The number of fused-ring (bicyclic) bond motifs is 1. The number of anilines is 1. The Hall–Kier alpha value is -3.89. The molecule has 0 unspecified atom stereocenters. The van der Waals surface area contributed by atoms with E-state index >= 15 is 0 Å². The van der Waals surface area contributed by atoms with Crippen LogP contribution in [0.25, 0.3) is 22.3 Å². The van der Waals surface area contributed by atoms with E-state index in [0.717, 1.165) is 18.4 Å². The first kappa shape index (κ1) is 28.2. The zero-order valence-electron chi connectivity index (χ0n) is 23.2. The molecule has 0 bridgehead atoms. The number of furan rings is 1. The maximum Gasteiger partial charge on any atom is 0.255 e. The molecule has 1 amide bonds. The molecule has 220 valence electrons. The van der Waals surface area contributed by atoms with Crippen LogP contribution in [0.1, 0.15) is 60.4 Å². The van der Waals surface area contributed by atoms with Gasteiger partial charge in [-0.1, -0.05) is 0 Å². The number of nitrogens with one attached hydrogen (secondary N) is 2. The van der Waals surface area contributed by atoms with Gasteiger partial charge in [0.1, 0.15) is 28.7 Å². The fourth-order valence-corrected chi connectivity index (χ4v) is 7.23. The number of carbonyl (C=O) groups excluding carboxylic acids is 1. The lowest BCUT2D eigenvalue weighted by atomic mass is 9.89. The predicted octanol–water partition coefficient (Wildman–Crippen LogP) is 6.56. The molecule has 1 aromatic heterocycles. The molecule has 2 aliphatic carbocycles. The first-order chi connectivity index (χ1) is 20.2. The lowest BCUT2D eigenvalue weighted by molar-refractivity contribution is 0.0964. The number of amides is 1. The molecule has 0 aliphatic heterocycles. The number of halogens is 1. The van der Waals surface area contributed by atoms with Crippen LogP contribution in [0.2, 0.25) is 0 Å². The number of ether oxygens (including phenoxy) is 1. The van der Waals surface area contributed by atoms with Gasteiger partial charge in [0.15, 0.2) is 0 Å². The number of sulfonamides is 1. The standard InChI is InChI=1S/C32H33FN2O6S/c1-34-32(37)30-27-16-26(20-4-5-20)28(35-42(38,39)18-19-2-10-23(36)11-3-19)17-29(27)41-31(30)21-6-12-24(13-7-21)40-25-14-8-22(33)9-15-25/h6-9,12-17,19-20,23,35-36H,2-5,10-11,18H2,1H3,(H,34,37). The summed E-state index contributed by atoms with van der Waals surface area (Å²) in [6.07, 6.45) is 4.14. The smallest absolute Gasteiger partial charge is 0.255 e. The topological polar surface area (TPSA) is 118 Å². The molecule has 0 saturated heterocycles. The molecule has 10 heteroatoms. The van der Waals surface area contributed by atoms with Gasteiger partial charge in [-0.3, -0.25) is 9.52 Å². The van der Waals surface area contributed by atoms with E-state index < -0.39 is 10.0 Å². The Morgan fingerprint density at radius 2 is 1.62 bits per heavy atom. The Morgan fingerprint density at radius 1 is 0.976 bits per heavy atom. The van der Waals surface area contributed by atoms with Crippen molar-refractivity contribution in [2.24, 2.45) is 5.92 Å². The van der Waals surface area contributed by atoms with Crippen molar-refractivity contribution in [1.29, 1.82) is 0 Å². The Kier molecular flexibility index (Phi) is 7.67. The summed E-state index contributed by atoms with van der Waals surface area (Å²) in [5.74, 6) is 0.923. The van der Waals surface area contributed by atoms with E-state index in [1.165, 1.54) is 24.3 Å². The molecule has 2 fully saturated rings. The van der Waals surface area contributed by atoms with E-state index in [0.29, 0.717) is 70.7 Å². The number of hydrogen-bond acceptors (Lipinski definition) is 6. The summed E-state index contributed by atoms with van der Waals surface area (Å²) >= 11 is 0. The van der Waals surface area contributed by atoms with Gasteiger partial charge in [0.2, 0.25) is 10.0 Å². The second-order valence-corrected chi connectivity index (χ2v) is 13.0. The van der Waals surface area contributed by atoms with Gasteiger partial charge in [-0.25, -0.2) is 12.8 Å². The normalized spacial score (nSPS) is 19.0. The van der Waals surface area contributed by atoms with Crippen LogP contribution in [-0.2, 0) is 10.0 Å². The van der Waals surface area contributed by atoms with Crippen molar-refractivity contribution >= 4 is 32.6 Å². The molecule has 8 nitrogen and oxygen atoms in total. The molecule has 6 rings (SSSR count). The lowest BCUT2D eigenvalue weighted by Gasteiger charge is -2.25. The Morgan fingerprint density at radius 3 is 2.24 bits per heavy atom. The monoisotopic (exact) mass is 592 g/mol. The van der Waals surface area contributed by atoms with E-state index in [9.17, 15) is 22.7 Å². The van der Waals surface area contributed by atoms with Crippen LogP contribution in [0.4, 0.5) is 10.1 Å². The summed E-state index contributed by atoms with van der Waals surface area (Å²) in [5, 5.41) is 13.1. The minimum absolute atomic E-state index is 0.00109. The highest BCUT2D eigenvalue weighted by atomic mass is 32.2. The van der Waals surface area contributed by atoms with Crippen LogP contribution in [0, 0.1) is 11.7 Å². The average Bonchev–Trinajstić information content (AvgIpc) is 3.75. The molecule has 0 atom stereocenters. The number of carbonyl (C=O) groups is 1. The summed E-state index contributed by atoms with van der Waals surface area (Å²) in [4.78, 5) is 13.1. The van der Waals surface area contributed by atoms with Crippen LogP contribution < -0.4 is 14.8 Å². The minimum Gasteiger partial charge on any atom is -0.457 e. The fourth-order valence-electron chi connectivity index (χ4n) is 5.68. The van der Waals surface area contributed by atoms with Crippen LogP contribution in [-0.4, -0.2) is 38.3 Å². The average molecular weight is 593 g/mol. The van der Waals surface area contributed by atoms with Crippen molar-refractivity contribution in [2.45, 2.75) is 50.5 Å². The summed E-state index contributed by atoms with van der Waals surface area (Å²) < 4.78 is 54.5. The number of aliphatic hydroxyl groups excluding tert-OH is 1. The van der Waals surface area contributed by atoms with E-state index in [1.54, 1.807) is 37.4 Å². The zero-order valence-corrected chi connectivity index (χ0v) is 24.0. The third-order valence-electron chi connectivity index (χ3n) is 8.03. The number of hydrogen-bond donors (Lipinski definition) is 3. The van der Waals surface area contributed by atoms with Crippen LogP contribution in [0.15, 0.2) is 65.1 Å². The van der Waals surface area contributed by atoms with Crippen molar-refractivity contribution < 1.29 is 31.9 Å². The molecule has 0 spiro atoms. The largest absolute Gasteiger partial charge is 0.457 e. The van der Waals surface area contributed by atoms with Crippen molar-refractivity contribution in [1.82, 2.24) is 5.32 Å². The van der Waals surface area contributed by atoms with E-state index in [1.807, 2.05) is 6.07 Å². The molecule has 2 saturated carbocycles.